The smallest absolute Gasteiger partial charge is 0.231 e. The Bertz CT molecular complexity index is 858. The van der Waals surface area contributed by atoms with Gasteiger partial charge in [-0.1, -0.05) is 30.3 Å². The first-order chi connectivity index (χ1) is 11.8. The topological polar surface area (TPSA) is 62.3 Å². The average Bonchev–Trinajstić information content (AvgIpc) is 3.21. The molecule has 3 aromatic rings. The fraction of sp³-hybridized carbons (Fsp3) is 0.316. The number of fused-ring (bicyclic) bond motifs is 2. The number of imidazole rings is 1. The minimum atomic E-state index is 0.182. The maximum absolute atomic E-state index is 5.94. The van der Waals surface area contributed by atoms with Crippen molar-refractivity contribution >= 4 is 11.0 Å². The summed E-state index contributed by atoms with van der Waals surface area (Å²) in [6.45, 7) is 2.96. The first-order valence-corrected chi connectivity index (χ1v) is 8.30. The van der Waals surface area contributed by atoms with Gasteiger partial charge < -0.3 is 19.8 Å². The molecule has 0 radical (unpaired) electrons. The predicted octanol–water partition coefficient (Wildman–Crippen LogP) is 3.07. The van der Waals surface area contributed by atoms with Crippen LogP contribution in [0.15, 0.2) is 42.5 Å². The second-order valence-electron chi connectivity index (χ2n) is 6.16. The molecule has 5 nitrogen and oxygen atoms in total. The zero-order chi connectivity index (χ0) is 16.5. The van der Waals surface area contributed by atoms with Gasteiger partial charge in [0.2, 0.25) is 6.79 Å². The summed E-state index contributed by atoms with van der Waals surface area (Å²) >= 11 is 0. The number of hydrogen-bond donors (Lipinski definition) is 1. The number of hydrogen-bond acceptors (Lipinski definition) is 4. The molecule has 0 amide bonds. The monoisotopic (exact) mass is 323 g/mol. The highest BCUT2D eigenvalue weighted by molar-refractivity contribution is 5.81. The van der Waals surface area contributed by atoms with Crippen molar-refractivity contribution in [2.24, 2.45) is 5.73 Å². The Morgan fingerprint density at radius 1 is 1.12 bits per heavy atom. The normalized spacial score (nSPS) is 14.2. The molecule has 1 aliphatic heterocycles. The summed E-state index contributed by atoms with van der Waals surface area (Å²) in [5, 5.41) is 0. The van der Waals surface area contributed by atoms with E-state index in [2.05, 4.69) is 35.8 Å². The fourth-order valence-electron chi connectivity index (χ4n) is 3.21. The molecule has 2 heterocycles. The van der Waals surface area contributed by atoms with E-state index in [0.29, 0.717) is 6.54 Å². The minimum Gasteiger partial charge on any atom is -0.454 e. The maximum atomic E-state index is 5.94. The highest BCUT2D eigenvalue weighted by Gasteiger charge is 2.21. The lowest BCUT2D eigenvalue weighted by molar-refractivity contribution is 0.174. The van der Waals surface area contributed by atoms with Crippen molar-refractivity contribution in [2.45, 2.75) is 25.8 Å². The molecule has 0 saturated heterocycles. The molecule has 1 aliphatic rings. The Morgan fingerprint density at radius 2 is 1.88 bits per heavy atom. The second-order valence-corrected chi connectivity index (χ2v) is 6.16. The number of ether oxygens (including phenoxy) is 2. The quantitative estimate of drug-likeness (QED) is 0.784. The Balaban J connectivity index is 1.73. The van der Waals surface area contributed by atoms with Gasteiger partial charge in [0.1, 0.15) is 5.82 Å². The van der Waals surface area contributed by atoms with Crippen molar-refractivity contribution in [1.29, 1.82) is 0 Å². The van der Waals surface area contributed by atoms with Crippen LogP contribution in [0.1, 0.15) is 24.4 Å². The number of nitrogens with zero attached hydrogens (tertiary/aromatic N) is 2. The summed E-state index contributed by atoms with van der Waals surface area (Å²) < 4.78 is 13.2. The molecule has 1 aromatic heterocycles. The number of benzene rings is 2. The summed E-state index contributed by atoms with van der Waals surface area (Å²) in [5.74, 6) is 2.60. The molecule has 0 spiro atoms. The Morgan fingerprint density at radius 3 is 2.62 bits per heavy atom. The lowest BCUT2D eigenvalue weighted by Gasteiger charge is -2.16. The summed E-state index contributed by atoms with van der Waals surface area (Å²) in [5.41, 5.74) is 9.24. The van der Waals surface area contributed by atoms with Gasteiger partial charge in [0.05, 0.1) is 11.0 Å². The highest BCUT2D eigenvalue weighted by Crippen LogP contribution is 2.37. The van der Waals surface area contributed by atoms with Crippen molar-refractivity contribution in [1.82, 2.24) is 9.55 Å². The zero-order valence-corrected chi connectivity index (χ0v) is 13.7. The van der Waals surface area contributed by atoms with E-state index in [0.717, 1.165) is 41.2 Å². The van der Waals surface area contributed by atoms with Crippen LogP contribution in [-0.2, 0) is 12.8 Å². The van der Waals surface area contributed by atoms with E-state index in [1.54, 1.807) is 0 Å². The Labute approximate surface area is 141 Å². The van der Waals surface area contributed by atoms with Crippen molar-refractivity contribution in [3.63, 3.8) is 0 Å². The lowest BCUT2D eigenvalue weighted by atomic mass is 10.1. The summed E-state index contributed by atoms with van der Waals surface area (Å²) in [7, 11) is 0. The van der Waals surface area contributed by atoms with E-state index in [1.807, 2.05) is 18.2 Å². The number of rotatable bonds is 5. The van der Waals surface area contributed by atoms with Crippen LogP contribution in [0.4, 0.5) is 0 Å². The van der Waals surface area contributed by atoms with E-state index >= 15 is 0 Å². The maximum Gasteiger partial charge on any atom is 0.231 e. The molecule has 2 N–H and O–H groups in total. The number of aryl methyl sites for hydroxylation is 2. The van der Waals surface area contributed by atoms with Crippen LogP contribution in [0.3, 0.4) is 0 Å². The van der Waals surface area contributed by atoms with Gasteiger partial charge in [0.15, 0.2) is 11.5 Å². The molecule has 2 aromatic carbocycles. The van der Waals surface area contributed by atoms with Gasteiger partial charge in [-0.3, -0.25) is 0 Å². The molecule has 1 atom stereocenters. The SMILES string of the molecule is CC(CN)n1c(CCc2ccccc2)nc2cc3c(cc21)OCO3. The van der Waals surface area contributed by atoms with E-state index < -0.39 is 0 Å². The third kappa shape index (κ3) is 2.61. The second kappa shape index (κ2) is 6.17. The van der Waals surface area contributed by atoms with Crippen molar-refractivity contribution in [3.8, 4) is 11.5 Å². The van der Waals surface area contributed by atoms with Gasteiger partial charge in [0, 0.05) is 31.1 Å². The van der Waals surface area contributed by atoms with Crippen molar-refractivity contribution in [2.75, 3.05) is 13.3 Å². The third-order valence-electron chi connectivity index (χ3n) is 4.52. The molecule has 24 heavy (non-hydrogen) atoms. The van der Waals surface area contributed by atoms with E-state index in [1.165, 1.54) is 5.56 Å². The van der Waals surface area contributed by atoms with Crippen molar-refractivity contribution in [3.05, 3.63) is 53.9 Å². The molecule has 124 valence electrons. The molecule has 5 heteroatoms. The van der Waals surface area contributed by atoms with E-state index in [4.69, 9.17) is 20.2 Å². The molecular weight excluding hydrogens is 302 g/mol. The highest BCUT2D eigenvalue weighted by atomic mass is 16.7. The van der Waals surface area contributed by atoms with Crippen LogP contribution in [-0.4, -0.2) is 22.9 Å². The molecule has 0 saturated carbocycles. The molecule has 0 fully saturated rings. The summed E-state index contributed by atoms with van der Waals surface area (Å²) in [6.07, 6.45) is 1.82. The summed E-state index contributed by atoms with van der Waals surface area (Å²) in [4.78, 5) is 4.85. The Hall–Kier alpha value is -2.53. The zero-order valence-electron chi connectivity index (χ0n) is 13.7. The van der Waals surface area contributed by atoms with Crippen LogP contribution in [0, 0.1) is 0 Å². The van der Waals surface area contributed by atoms with Gasteiger partial charge in [-0.2, -0.15) is 0 Å². The average molecular weight is 323 g/mol. The molecule has 4 rings (SSSR count). The largest absolute Gasteiger partial charge is 0.454 e. The molecule has 0 bridgehead atoms. The summed E-state index contributed by atoms with van der Waals surface area (Å²) in [6, 6.07) is 14.6. The van der Waals surface area contributed by atoms with Crippen LogP contribution >= 0.6 is 0 Å². The fourth-order valence-corrected chi connectivity index (χ4v) is 3.21. The van der Waals surface area contributed by atoms with Gasteiger partial charge >= 0.3 is 0 Å². The molecule has 1 unspecified atom stereocenters. The first-order valence-electron chi connectivity index (χ1n) is 8.30. The van der Waals surface area contributed by atoms with Gasteiger partial charge in [0.25, 0.3) is 0 Å². The van der Waals surface area contributed by atoms with Gasteiger partial charge in [-0.05, 0) is 18.9 Å². The van der Waals surface area contributed by atoms with Gasteiger partial charge in [-0.15, -0.1) is 0 Å². The predicted molar refractivity (Wildman–Crippen MR) is 93.5 cm³/mol. The third-order valence-corrected chi connectivity index (χ3v) is 4.52. The van der Waals surface area contributed by atoms with Crippen LogP contribution in [0.5, 0.6) is 11.5 Å². The standard InChI is InChI=1S/C19H21N3O2/c1-13(11-20)22-16-10-18-17(23-12-24-18)9-15(16)21-19(22)8-7-14-5-3-2-4-6-14/h2-6,9-10,13H,7-8,11-12,20H2,1H3. The van der Waals surface area contributed by atoms with Gasteiger partial charge in [-0.25, -0.2) is 4.98 Å². The van der Waals surface area contributed by atoms with Crippen LogP contribution in [0.2, 0.25) is 0 Å². The van der Waals surface area contributed by atoms with Crippen LogP contribution < -0.4 is 15.2 Å². The van der Waals surface area contributed by atoms with Crippen molar-refractivity contribution < 1.29 is 9.47 Å². The minimum absolute atomic E-state index is 0.182. The number of aromatic nitrogens is 2. The van der Waals surface area contributed by atoms with Crippen LogP contribution in [0.25, 0.3) is 11.0 Å². The molecule has 0 aliphatic carbocycles. The van der Waals surface area contributed by atoms with E-state index in [-0.39, 0.29) is 12.8 Å². The van der Waals surface area contributed by atoms with E-state index in [9.17, 15) is 0 Å². The Kier molecular flexibility index (Phi) is 3.86. The lowest BCUT2D eigenvalue weighted by Crippen LogP contribution is -2.18. The first kappa shape index (κ1) is 15.0. The number of nitrogens with two attached hydrogens (primary N) is 1. The molecular formula is C19H21N3O2.